The number of nitrogen functional groups attached to an aromatic ring is 1. The maximum atomic E-state index is 9.32. The van der Waals surface area contributed by atoms with Gasteiger partial charge in [-0.2, -0.15) is 5.26 Å². The molecule has 0 saturated heterocycles. The van der Waals surface area contributed by atoms with Crippen molar-refractivity contribution in [3.63, 3.8) is 0 Å². The van der Waals surface area contributed by atoms with Gasteiger partial charge >= 0.3 is 0 Å². The normalized spacial score (nSPS) is 10.3. The lowest BCUT2D eigenvalue weighted by Crippen LogP contribution is -1.98. The smallest absolute Gasteiger partial charge is 0.103 e. The molecule has 0 saturated carbocycles. The molecule has 3 rings (SSSR count). The second-order valence-electron chi connectivity index (χ2n) is 4.54. The second-order valence-corrected chi connectivity index (χ2v) is 5.78. The molecular weight excluding hydrogens is 375 g/mol. The van der Waals surface area contributed by atoms with Crippen LogP contribution >= 0.6 is 22.6 Å². The number of aromatic nitrogens is 1. The summed E-state index contributed by atoms with van der Waals surface area (Å²) in [5, 5.41) is 13.5. The standard InChI is InChI=1S/C16H11IN4/c17-11-3-1-4-12(7-11)21-15-10(8-18)9-20-16-13(15)5-2-6-14(16)19/h1-7,9H,19H2,(H,20,21). The van der Waals surface area contributed by atoms with Crippen LogP contribution in [0.3, 0.4) is 0 Å². The maximum absolute atomic E-state index is 9.32. The van der Waals surface area contributed by atoms with E-state index in [4.69, 9.17) is 5.73 Å². The number of fused-ring (bicyclic) bond motifs is 1. The first-order valence-electron chi connectivity index (χ1n) is 6.29. The zero-order valence-corrected chi connectivity index (χ0v) is 13.1. The number of nitrogens with zero attached hydrogens (tertiary/aromatic N) is 2. The van der Waals surface area contributed by atoms with Crippen LogP contribution < -0.4 is 11.1 Å². The van der Waals surface area contributed by atoms with Gasteiger partial charge in [0.1, 0.15) is 6.07 Å². The van der Waals surface area contributed by atoms with Crippen molar-refractivity contribution >= 4 is 50.6 Å². The molecule has 0 bridgehead atoms. The van der Waals surface area contributed by atoms with Crippen molar-refractivity contribution in [2.75, 3.05) is 11.1 Å². The van der Waals surface area contributed by atoms with Crippen LogP contribution in [0.2, 0.25) is 0 Å². The Bertz CT molecular complexity index is 868. The van der Waals surface area contributed by atoms with Crippen molar-refractivity contribution in [2.45, 2.75) is 0 Å². The van der Waals surface area contributed by atoms with Gasteiger partial charge in [-0.3, -0.25) is 4.98 Å². The van der Waals surface area contributed by atoms with E-state index in [1.54, 1.807) is 12.3 Å². The molecule has 0 amide bonds. The molecule has 0 aliphatic heterocycles. The van der Waals surface area contributed by atoms with Crippen molar-refractivity contribution in [2.24, 2.45) is 0 Å². The molecule has 0 unspecified atom stereocenters. The summed E-state index contributed by atoms with van der Waals surface area (Å²) >= 11 is 2.25. The fourth-order valence-electron chi connectivity index (χ4n) is 2.18. The Balaban J connectivity index is 2.20. The minimum Gasteiger partial charge on any atom is -0.397 e. The SMILES string of the molecule is N#Cc1cnc2c(N)cccc2c1Nc1cccc(I)c1. The predicted octanol–water partition coefficient (Wildman–Crippen LogP) is 4.04. The Kier molecular flexibility index (Phi) is 3.62. The van der Waals surface area contributed by atoms with E-state index >= 15 is 0 Å². The van der Waals surface area contributed by atoms with E-state index in [0.29, 0.717) is 16.8 Å². The van der Waals surface area contributed by atoms with Crippen LogP contribution in [0.15, 0.2) is 48.7 Å². The highest BCUT2D eigenvalue weighted by molar-refractivity contribution is 14.1. The first-order valence-corrected chi connectivity index (χ1v) is 7.37. The largest absolute Gasteiger partial charge is 0.397 e. The first-order chi connectivity index (χ1) is 10.2. The maximum Gasteiger partial charge on any atom is 0.103 e. The highest BCUT2D eigenvalue weighted by atomic mass is 127. The Hall–Kier alpha value is -2.33. The highest BCUT2D eigenvalue weighted by Gasteiger charge is 2.10. The summed E-state index contributed by atoms with van der Waals surface area (Å²) in [4.78, 5) is 4.28. The quantitative estimate of drug-likeness (QED) is 0.515. The number of rotatable bonds is 2. The molecule has 0 fully saturated rings. The van der Waals surface area contributed by atoms with E-state index in [-0.39, 0.29) is 0 Å². The van der Waals surface area contributed by atoms with E-state index in [9.17, 15) is 5.26 Å². The van der Waals surface area contributed by atoms with Crippen molar-refractivity contribution in [1.29, 1.82) is 5.26 Å². The summed E-state index contributed by atoms with van der Waals surface area (Å²) < 4.78 is 1.12. The van der Waals surface area contributed by atoms with Gasteiger partial charge in [0.15, 0.2) is 0 Å². The van der Waals surface area contributed by atoms with Crippen molar-refractivity contribution in [3.8, 4) is 6.07 Å². The van der Waals surface area contributed by atoms with Gasteiger partial charge in [-0.1, -0.05) is 18.2 Å². The van der Waals surface area contributed by atoms with Gasteiger partial charge in [-0.05, 0) is 46.9 Å². The number of pyridine rings is 1. The highest BCUT2D eigenvalue weighted by Crippen LogP contribution is 2.31. The third-order valence-corrected chi connectivity index (χ3v) is 3.81. The van der Waals surface area contributed by atoms with E-state index in [2.05, 4.69) is 39.0 Å². The number of nitriles is 1. The minimum atomic E-state index is 0.493. The fraction of sp³-hybridized carbons (Fsp3) is 0. The van der Waals surface area contributed by atoms with E-state index in [0.717, 1.165) is 20.3 Å². The average Bonchev–Trinajstić information content (AvgIpc) is 2.48. The van der Waals surface area contributed by atoms with Gasteiger partial charge in [0.25, 0.3) is 0 Å². The second kappa shape index (κ2) is 5.58. The Morgan fingerprint density at radius 3 is 2.76 bits per heavy atom. The monoisotopic (exact) mass is 386 g/mol. The van der Waals surface area contributed by atoms with Crippen LogP contribution in [0.1, 0.15) is 5.56 Å². The molecule has 5 heteroatoms. The molecule has 3 aromatic rings. The van der Waals surface area contributed by atoms with Gasteiger partial charge in [0.05, 0.1) is 22.5 Å². The number of anilines is 3. The van der Waals surface area contributed by atoms with Gasteiger partial charge < -0.3 is 11.1 Å². The Labute approximate surface area is 135 Å². The molecule has 21 heavy (non-hydrogen) atoms. The third kappa shape index (κ3) is 2.62. The van der Waals surface area contributed by atoms with Crippen LogP contribution in [0, 0.1) is 14.9 Å². The molecule has 2 aromatic carbocycles. The van der Waals surface area contributed by atoms with Crippen molar-refractivity contribution < 1.29 is 0 Å². The van der Waals surface area contributed by atoms with E-state index in [1.165, 1.54) is 0 Å². The predicted molar refractivity (Wildman–Crippen MR) is 93.3 cm³/mol. The van der Waals surface area contributed by atoms with Gasteiger partial charge in [-0.25, -0.2) is 0 Å². The molecule has 1 aromatic heterocycles. The minimum absolute atomic E-state index is 0.493. The summed E-state index contributed by atoms with van der Waals surface area (Å²) in [6.45, 7) is 0. The number of nitrogens with one attached hydrogen (secondary N) is 1. The molecule has 0 aliphatic rings. The average molecular weight is 386 g/mol. The number of hydrogen-bond acceptors (Lipinski definition) is 4. The van der Waals surface area contributed by atoms with Crippen LogP contribution in [-0.4, -0.2) is 4.98 Å². The van der Waals surface area contributed by atoms with E-state index in [1.807, 2.05) is 36.4 Å². The molecule has 3 N–H and O–H groups in total. The van der Waals surface area contributed by atoms with Crippen LogP contribution in [0.5, 0.6) is 0 Å². The zero-order valence-electron chi connectivity index (χ0n) is 11.0. The summed E-state index contributed by atoms with van der Waals surface area (Å²) in [5.41, 5.74) is 9.41. The van der Waals surface area contributed by atoms with Crippen molar-refractivity contribution in [3.05, 3.63) is 57.8 Å². The van der Waals surface area contributed by atoms with E-state index < -0.39 is 0 Å². The number of hydrogen-bond donors (Lipinski definition) is 2. The molecule has 4 nitrogen and oxygen atoms in total. The lowest BCUT2D eigenvalue weighted by molar-refractivity contribution is 1.36. The topological polar surface area (TPSA) is 74.7 Å². The van der Waals surface area contributed by atoms with Gasteiger partial charge in [0.2, 0.25) is 0 Å². The molecule has 0 atom stereocenters. The number of halogens is 1. The Morgan fingerprint density at radius 1 is 1.19 bits per heavy atom. The summed E-state index contributed by atoms with van der Waals surface area (Å²) in [6, 6.07) is 15.7. The Morgan fingerprint density at radius 2 is 2.00 bits per heavy atom. The first kappa shape index (κ1) is 13.6. The third-order valence-electron chi connectivity index (χ3n) is 3.14. The fourth-order valence-corrected chi connectivity index (χ4v) is 2.72. The van der Waals surface area contributed by atoms with Crippen molar-refractivity contribution in [1.82, 2.24) is 4.98 Å². The molecule has 102 valence electrons. The lowest BCUT2D eigenvalue weighted by atomic mass is 10.1. The molecule has 0 spiro atoms. The number of nitrogens with two attached hydrogens (primary N) is 1. The summed E-state index contributed by atoms with van der Waals surface area (Å²) in [7, 11) is 0. The van der Waals surface area contributed by atoms with Gasteiger partial charge in [0, 0.05) is 20.8 Å². The molecule has 0 radical (unpaired) electrons. The molecular formula is C16H11IN4. The molecule has 1 heterocycles. The number of benzene rings is 2. The lowest BCUT2D eigenvalue weighted by Gasteiger charge is -2.12. The number of para-hydroxylation sites is 1. The van der Waals surface area contributed by atoms with Crippen LogP contribution in [0.25, 0.3) is 10.9 Å². The van der Waals surface area contributed by atoms with Crippen LogP contribution in [-0.2, 0) is 0 Å². The van der Waals surface area contributed by atoms with Crippen LogP contribution in [0.4, 0.5) is 17.1 Å². The molecule has 0 aliphatic carbocycles. The zero-order chi connectivity index (χ0) is 14.8. The summed E-state index contributed by atoms with van der Waals surface area (Å²) in [5.74, 6) is 0. The van der Waals surface area contributed by atoms with Gasteiger partial charge in [-0.15, -0.1) is 0 Å². The summed E-state index contributed by atoms with van der Waals surface area (Å²) in [6.07, 6.45) is 1.55.